The van der Waals surface area contributed by atoms with Crippen molar-refractivity contribution in [3.8, 4) is 0 Å². The molecule has 0 spiro atoms. The third kappa shape index (κ3) is 5.83. The van der Waals surface area contributed by atoms with E-state index in [2.05, 4.69) is 15.3 Å². The molecule has 0 aliphatic carbocycles. The fraction of sp³-hybridized carbons (Fsp3) is 0.357. The van der Waals surface area contributed by atoms with Gasteiger partial charge in [-0.2, -0.15) is 0 Å². The Hall–Kier alpha value is -2.08. The van der Waals surface area contributed by atoms with E-state index < -0.39 is 12.1 Å². The van der Waals surface area contributed by atoms with Crippen molar-refractivity contribution in [2.45, 2.75) is 20.8 Å². The van der Waals surface area contributed by atoms with Crippen molar-refractivity contribution in [3.05, 3.63) is 29.8 Å². The summed E-state index contributed by atoms with van der Waals surface area (Å²) in [6.07, 6.45) is -0.766. The number of rotatable bonds is 5. The number of esters is 1. The second-order valence-corrected chi connectivity index (χ2v) is 4.76. The minimum Gasteiger partial charge on any atom is -0.462 e. The van der Waals surface area contributed by atoms with Crippen molar-refractivity contribution < 1.29 is 19.2 Å². The van der Waals surface area contributed by atoms with Crippen LogP contribution in [0.3, 0.4) is 0 Å². The van der Waals surface area contributed by atoms with Crippen LogP contribution in [0.2, 0.25) is 0 Å². The van der Waals surface area contributed by atoms with Gasteiger partial charge in [0.2, 0.25) is 0 Å². The first-order valence-corrected chi connectivity index (χ1v) is 6.80. The normalized spacial score (nSPS) is 11.2. The van der Waals surface area contributed by atoms with E-state index in [1.165, 1.54) is 12.1 Å². The number of carbonyl (C=O) groups excluding carboxylic acids is 2. The minimum atomic E-state index is -0.766. The van der Waals surface area contributed by atoms with E-state index >= 15 is 0 Å². The highest BCUT2D eigenvalue weighted by Crippen LogP contribution is 2.11. The predicted molar refractivity (Wildman–Crippen MR) is 80.6 cm³/mol. The molecule has 7 heteroatoms. The molecule has 6 nitrogen and oxygen atoms in total. The van der Waals surface area contributed by atoms with Gasteiger partial charge < -0.3 is 4.74 Å². The minimum absolute atomic E-state index is 0.0247. The molecule has 0 aliphatic heterocycles. The zero-order valence-corrected chi connectivity index (χ0v) is 12.8. The standard InChI is InChI=1S/C14H17ClN2O4/c1-4-20-13(18)10-5-7-11(8-6-10)16-14(19)21-17-12(15)9(2)3/h5-9H,4H2,1-3H3,(H,16,19)/b17-12+. The summed E-state index contributed by atoms with van der Waals surface area (Å²) in [6.45, 7) is 5.68. The molecular formula is C14H17ClN2O4. The van der Waals surface area contributed by atoms with E-state index in [9.17, 15) is 9.59 Å². The Labute approximate surface area is 128 Å². The highest BCUT2D eigenvalue weighted by Gasteiger charge is 2.08. The number of ether oxygens (including phenoxy) is 1. The van der Waals surface area contributed by atoms with Crippen LogP contribution in [0.15, 0.2) is 29.4 Å². The van der Waals surface area contributed by atoms with Crippen molar-refractivity contribution in [2.24, 2.45) is 11.1 Å². The second-order valence-electron chi connectivity index (χ2n) is 4.37. The number of nitrogens with zero attached hydrogens (tertiary/aromatic N) is 1. The fourth-order valence-electron chi connectivity index (χ4n) is 1.24. The monoisotopic (exact) mass is 312 g/mol. The number of halogens is 1. The van der Waals surface area contributed by atoms with Crippen LogP contribution in [0, 0.1) is 5.92 Å². The molecule has 0 saturated carbocycles. The Bertz CT molecular complexity index is 526. The van der Waals surface area contributed by atoms with Gasteiger partial charge >= 0.3 is 12.1 Å². The fourth-order valence-corrected chi connectivity index (χ4v) is 1.27. The molecule has 1 rings (SSSR count). The Morgan fingerprint density at radius 3 is 2.43 bits per heavy atom. The van der Waals surface area contributed by atoms with Crippen molar-refractivity contribution in [3.63, 3.8) is 0 Å². The average molecular weight is 313 g/mol. The summed E-state index contributed by atoms with van der Waals surface area (Å²) >= 11 is 5.74. The zero-order valence-electron chi connectivity index (χ0n) is 12.1. The number of carbonyl (C=O) groups is 2. The Morgan fingerprint density at radius 2 is 1.90 bits per heavy atom. The van der Waals surface area contributed by atoms with Gasteiger partial charge in [-0.3, -0.25) is 10.2 Å². The SMILES string of the molecule is CCOC(=O)c1ccc(NC(=O)O/N=C(/Cl)C(C)C)cc1. The Morgan fingerprint density at radius 1 is 1.29 bits per heavy atom. The Kier molecular flexibility index (Phi) is 6.68. The third-order valence-corrected chi connectivity index (χ3v) is 2.84. The molecule has 0 saturated heterocycles. The Balaban J connectivity index is 2.58. The molecule has 1 aromatic rings. The molecule has 0 fully saturated rings. The van der Waals surface area contributed by atoms with E-state index in [-0.39, 0.29) is 11.1 Å². The molecule has 0 aliphatic rings. The molecular weight excluding hydrogens is 296 g/mol. The van der Waals surface area contributed by atoms with E-state index in [1.54, 1.807) is 19.1 Å². The number of hydrogen-bond acceptors (Lipinski definition) is 5. The van der Waals surface area contributed by atoms with Gasteiger partial charge in [0.15, 0.2) is 0 Å². The van der Waals surface area contributed by atoms with Gasteiger partial charge in [0.1, 0.15) is 5.17 Å². The number of nitrogens with one attached hydrogen (secondary N) is 1. The maximum Gasteiger partial charge on any atom is 0.437 e. The lowest BCUT2D eigenvalue weighted by Gasteiger charge is -2.05. The van der Waals surface area contributed by atoms with Crippen LogP contribution < -0.4 is 5.32 Å². The lowest BCUT2D eigenvalue weighted by atomic mass is 10.2. The molecule has 0 aromatic heterocycles. The van der Waals surface area contributed by atoms with Crippen LogP contribution >= 0.6 is 11.6 Å². The summed E-state index contributed by atoms with van der Waals surface area (Å²) in [6, 6.07) is 6.19. The lowest BCUT2D eigenvalue weighted by Crippen LogP contribution is -2.12. The van der Waals surface area contributed by atoms with Gasteiger partial charge in [0, 0.05) is 11.6 Å². The van der Waals surface area contributed by atoms with Crippen molar-refractivity contribution in [1.29, 1.82) is 0 Å². The van der Waals surface area contributed by atoms with Crippen molar-refractivity contribution >= 4 is 34.5 Å². The summed E-state index contributed by atoms with van der Waals surface area (Å²) < 4.78 is 4.85. The molecule has 114 valence electrons. The van der Waals surface area contributed by atoms with Gasteiger partial charge in [-0.1, -0.05) is 30.6 Å². The highest BCUT2D eigenvalue weighted by molar-refractivity contribution is 6.65. The molecule has 0 unspecified atom stereocenters. The van der Waals surface area contributed by atoms with Gasteiger partial charge in [-0.05, 0) is 31.2 Å². The number of oxime groups is 1. The molecule has 0 radical (unpaired) electrons. The van der Waals surface area contributed by atoms with Crippen LogP contribution in [-0.4, -0.2) is 23.8 Å². The predicted octanol–water partition coefficient (Wildman–Crippen LogP) is 3.62. The van der Waals surface area contributed by atoms with Crippen LogP contribution in [0.4, 0.5) is 10.5 Å². The molecule has 0 atom stereocenters. The summed E-state index contributed by atoms with van der Waals surface area (Å²) in [5.41, 5.74) is 0.862. The maximum absolute atomic E-state index is 11.5. The first kappa shape index (κ1) is 17.0. The smallest absolute Gasteiger partial charge is 0.437 e. The average Bonchev–Trinajstić information content (AvgIpc) is 2.45. The number of amides is 1. The zero-order chi connectivity index (χ0) is 15.8. The molecule has 0 bridgehead atoms. The van der Waals surface area contributed by atoms with Gasteiger partial charge in [-0.15, -0.1) is 0 Å². The summed E-state index contributed by atoms with van der Waals surface area (Å²) in [5, 5.41) is 6.14. The topological polar surface area (TPSA) is 77.0 Å². The van der Waals surface area contributed by atoms with E-state index in [1.807, 2.05) is 13.8 Å². The molecule has 21 heavy (non-hydrogen) atoms. The molecule has 1 amide bonds. The first-order chi connectivity index (χ1) is 9.93. The summed E-state index contributed by atoms with van der Waals surface area (Å²) in [7, 11) is 0. The van der Waals surface area contributed by atoms with Gasteiger partial charge in [-0.25, -0.2) is 9.59 Å². The number of anilines is 1. The number of hydrogen-bond donors (Lipinski definition) is 1. The van der Waals surface area contributed by atoms with E-state index in [4.69, 9.17) is 16.3 Å². The third-order valence-electron chi connectivity index (χ3n) is 2.33. The van der Waals surface area contributed by atoms with Crippen LogP contribution in [0.5, 0.6) is 0 Å². The number of benzene rings is 1. The molecule has 1 N–H and O–H groups in total. The van der Waals surface area contributed by atoms with Gasteiger partial charge in [0.05, 0.1) is 12.2 Å². The van der Waals surface area contributed by atoms with Crippen molar-refractivity contribution in [2.75, 3.05) is 11.9 Å². The maximum atomic E-state index is 11.5. The van der Waals surface area contributed by atoms with Crippen molar-refractivity contribution in [1.82, 2.24) is 0 Å². The molecule has 0 heterocycles. The first-order valence-electron chi connectivity index (χ1n) is 6.42. The van der Waals surface area contributed by atoms with Crippen LogP contribution in [0.1, 0.15) is 31.1 Å². The molecule has 1 aromatic carbocycles. The van der Waals surface area contributed by atoms with Gasteiger partial charge in [0.25, 0.3) is 0 Å². The van der Waals surface area contributed by atoms with E-state index in [0.29, 0.717) is 17.9 Å². The van der Waals surface area contributed by atoms with Crippen LogP contribution in [-0.2, 0) is 9.57 Å². The summed E-state index contributed by atoms with van der Waals surface area (Å²) in [4.78, 5) is 27.5. The summed E-state index contributed by atoms with van der Waals surface area (Å²) in [5.74, 6) is -0.441. The van der Waals surface area contributed by atoms with E-state index in [0.717, 1.165) is 0 Å². The largest absolute Gasteiger partial charge is 0.462 e. The van der Waals surface area contributed by atoms with Crippen LogP contribution in [0.25, 0.3) is 0 Å². The second kappa shape index (κ2) is 8.26. The lowest BCUT2D eigenvalue weighted by molar-refractivity contribution is 0.0526. The highest BCUT2D eigenvalue weighted by atomic mass is 35.5. The quantitative estimate of drug-likeness (QED) is 0.390.